The van der Waals surface area contributed by atoms with Gasteiger partial charge < -0.3 is 10.6 Å². The fourth-order valence-corrected chi connectivity index (χ4v) is 6.24. The van der Waals surface area contributed by atoms with Crippen LogP contribution >= 0.6 is 22.7 Å². The molecule has 5 rings (SSSR count). The van der Waals surface area contributed by atoms with Gasteiger partial charge in [-0.1, -0.05) is 89.8 Å². The number of rotatable bonds is 8. The van der Waals surface area contributed by atoms with Crippen LogP contribution in [0.25, 0.3) is 0 Å². The van der Waals surface area contributed by atoms with E-state index in [4.69, 9.17) is 0 Å². The van der Waals surface area contributed by atoms with Crippen molar-refractivity contribution in [1.82, 2.24) is 20.4 Å². The van der Waals surface area contributed by atoms with Crippen molar-refractivity contribution in [2.45, 2.75) is 50.4 Å². The van der Waals surface area contributed by atoms with Crippen molar-refractivity contribution in [2.75, 3.05) is 10.6 Å². The molecule has 36 heavy (non-hydrogen) atoms. The van der Waals surface area contributed by atoms with Gasteiger partial charge in [0.1, 0.15) is 10.0 Å². The number of anilines is 2. The molecule has 0 spiro atoms. The number of carbonyl (C=O) groups is 2. The van der Waals surface area contributed by atoms with E-state index >= 15 is 0 Å². The van der Waals surface area contributed by atoms with E-state index < -0.39 is 0 Å². The average Bonchev–Trinajstić information content (AvgIpc) is 3.55. The van der Waals surface area contributed by atoms with Gasteiger partial charge in [0.15, 0.2) is 0 Å². The fraction of sp³-hybridized carbons (Fsp3) is 0.308. The van der Waals surface area contributed by atoms with Crippen molar-refractivity contribution < 1.29 is 9.59 Å². The first-order chi connectivity index (χ1) is 17.6. The summed E-state index contributed by atoms with van der Waals surface area (Å²) >= 11 is 2.89. The van der Waals surface area contributed by atoms with Crippen LogP contribution in [0.5, 0.6) is 0 Å². The third-order valence-corrected chi connectivity index (χ3v) is 8.16. The number of carbonyl (C=O) groups excluding carboxylic acids is 2. The quantitative estimate of drug-likeness (QED) is 0.332. The summed E-state index contributed by atoms with van der Waals surface area (Å²) in [5.41, 5.74) is 1.92. The maximum atomic E-state index is 12.4. The molecule has 184 valence electrons. The van der Waals surface area contributed by atoms with E-state index in [1.807, 2.05) is 60.7 Å². The summed E-state index contributed by atoms with van der Waals surface area (Å²) in [6, 6.07) is 19.3. The Morgan fingerprint density at radius 3 is 1.58 bits per heavy atom. The van der Waals surface area contributed by atoms with Crippen LogP contribution in [0, 0.1) is 0 Å². The Balaban J connectivity index is 1.15. The molecule has 2 aromatic heterocycles. The van der Waals surface area contributed by atoms with Crippen LogP contribution < -0.4 is 10.6 Å². The van der Waals surface area contributed by atoms with E-state index in [0.717, 1.165) is 46.8 Å². The second kappa shape index (κ2) is 11.5. The summed E-state index contributed by atoms with van der Waals surface area (Å²) in [4.78, 5) is 24.7. The largest absolute Gasteiger partial charge is 0.300 e. The number of aromatic nitrogens is 4. The maximum absolute atomic E-state index is 12.4. The lowest BCUT2D eigenvalue weighted by Gasteiger charge is -2.25. The smallest absolute Gasteiger partial charge is 0.230 e. The first-order valence-electron chi connectivity index (χ1n) is 12.0. The zero-order valence-electron chi connectivity index (χ0n) is 19.6. The highest BCUT2D eigenvalue weighted by atomic mass is 32.1. The van der Waals surface area contributed by atoms with Crippen molar-refractivity contribution in [3.63, 3.8) is 0 Å². The van der Waals surface area contributed by atoms with Crippen LogP contribution in [0.1, 0.15) is 58.7 Å². The highest BCUT2D eigenvalue weighted by Crippen LogP contribution is 2.43. The number of nitrogens with zero attached hydrogens (tertiary/aromatic N) is 4. The van der Waals surface area contributed by atoms with Crippen LogP contribution in [0.3, 0.4) is 0 Å². The Kier molecular flexibility index (Phi) is 7.73. The normalized spacial score (nSPS) is 17.4. The number of benzene rings is 2. The van der Waals surface area contributed by atoms with Gasteiger partial charge in [-0.3, -0.25) is 9.59 Å². The Morgan fingerprint density at radius 1 is 0.694 bits per heavy atom. The van der Waals surface area contributed by atoms with E-state index in [0.29, 0.717) is 23.1 Å². The highest BCUT2D eigenvalue weighted by Gasteiger charge is 2.29. The van der Waals surface area contributed by atoms with Crippen molar-refractivity contribution in [3.8, 4) is 0 Å². The fourth-order valence-electron chi connectivity index (χ4n) is 4.43. The lowest BCUT2D eigenvalue weighted by Crippen LogP contribution is -2.14. The molecule has 2 aromatic carbocycles. The van der Waals surface area contributed by atoms with E-state index in [1.54, 1.807) is 0 Å². The van der Waals surface area contributed by atoms with Gasteiger partial charge >= 0.3 is 0 Å². The van der Waals surface area contributed by atoms with Crippen LogP contribution in [-0.4, -0.2) is 32.2 Å². The maximum Gasteiger partial charge on any atom is 0.230 e. The van der Waals surface area contributed by atoms with Crippen molar-refractivity contribution in [3.05, 3.63) is 81.8 Å². The highest BCUT2D eigenvalue weighted by molar-refractivity contribution is 7.15. The number of hydrogen-bond acceptors (Lipinski definition) is 8. The van der Waals surface area contributed by atoms with Crippen molar-refractivity contribution in [2.24, 2.45) is 0 Å². The minimum atomic E-state index is -0.0962. The summed E-state index contributed by atoms with van der Waals surface area (Å²) in [7, 11) is 0. The van der Waals surface area contributed by atoms with Gasteiger partial charge in [-0.15, -0.1) is 20.4 Å². The summed E-state index contributed by atoms with van der Waals surface area (Å²) in [5, 5.41) is 25.9. The molecule has 2 atom stereocenters. The predicted molar refractivity (Wildman–Crippen MR) is 141 cm³/mol. The molecule has 2 N–H and O–H groups in total. The second-order valence-electron chi connectivity index (χ2n) is 8.87. The molecule has 0 bridgehead atoms. The van der Waals surface area contributed by atoms with Crippen LogP contribution in [0.4, 0.5) is 10.3 Å². The summed E-state index contributed by atoms with van der Waals surface area (Å²) < 4.78 is 0. The molecule has 2 amide bonds. The Bertz CT molecular complexity index is 1210. The molecule has 1 saturated carbocycles. The van der Waals surface area contributed by atoms with E-state index in [9.17, 15) is 9.59 Å². The molecule has 1 aliphatic carbocycles. The SMILES string of the molecule is O=C(Cc1ccccc1)Nc1nnc([C@H]2CCC[C@H](c3nnc(NC(=O)Cc4ccccc4)s3)C2)s1. The predicted octanol–water partition coefficient (Wildman–Crippen LogP) is 5.19. The van der Waals surface area contributed by atoms with Gasteiger partial charge in [-0.25, -0.2) is 0 Å². The minimum absolute atomic E-state index is 0.0962. The summed E-state index contributed by atoms with van der Waals surface area (Å²) in [5.74, 6) is 0.337. The van der Waals surface area contributed by atoms with Crippen molar-refractivity contribution in [1.29, 1.82) is 0 Å². The molecule has 10 heteroatoms. The third-order valence-electron chi connectivity index (χ3n) is 6.16. The van der Waals surface area contributed by atoms with E-state index in [-0.39, 0.29) is 23.7 Å². The number of nitrogens with one attached hydrogen (secondary N) is 2. The molecule has 0 radical (unpaired) electrons. The molecule has 1 fully saturated rings. The molecular weight excluding hydrogens is 492 g/mol. The Morgan fingerprint density at radius 2 is 1.14 bits per heavy atom. The Hall–Kier alpha value is -3.50. The standard InChI is InChI=1S/C26H26N6O2S2/c33-21(14-17-8-3-1-4-9-17)27-25-31-29-23(35-25)19-12-7-13-20(16-19)24-30-32-26(36-24)28-22(34)15-18-10-5-2-6-11-18/h1-6,8-11,19-20H,7,12-16H2,(H,27,31,33)(H,28,32,34)/t19-,20-/m0/s1. The van der Waals surface area contributed by atoms with Crippen LogP contribution in [0.15, 0.2) is 60.7 Å². The van der Waals surface area contributed by atoms with Crippen molar-refractivity contribution >= 4 is 44.8 Å². The second-order valence-corrected chi connectivity index (χ2v) is 10.9. The average molecular weight is 519 g/mol. The molecule has 8 nitrogen and oxygen atoms in total. The van der Waals surface area contributed by atoms with Crippen LogP contribution in [0.2, 0.25) is 0 Å². The van der Waals surface area contributed by atoms with Gasteiger partial charge in [-0.05, 0) is 30.4 Å². The van der Waals surface area contributed by atoms with Gasteiger partial charge in [0.05, 0.1) is 12.8 Å². The zero-order valence-corrected chi connectivity index (χ0v) is 21.2. The monoisotopic (exact) mass is 518 g/mol. The van der Waals surface area contributed by atoms with Gasteiger partial charge in [0, 0.05) is 11.8 Å². The van der Waals surface area contributed by atoms with E-state index in [2.05, 4.69) is 31.0 Å². The molecule has 0 unspecified atom stereocenters. The topological polar surface area (TPSA) is 110 Å². The molecular formula is C26H26N6O2S2. The number of amides is 2. The number of hydrogen-bond donors (Lipinski definition) is 2. The van der Waals surface area contributed by atoms with Gasteiger partial charge in [0.2, 0.25) is 22.1 Å². The summed E-state index contributed by atoms with van der Waals surface area (Å²) in [6.45, 7) is 0. The first-order valence-corrected chi connectivity index (χ1v) is 13.6. The van der Waals surface area contributed by atoms with Gasteiger partial charge in [-0.2, -0.15) is 0 Å². The third kappa shape index (κ3) is 6.38. The minimum Gasteiger partial charge on any atom is -0.300 e. The van der Waals surface area contributed by atoms with Gasteiger partial charge in [0.25, 0.3) is 0 Å². The van der Waals surface area contributed by atoms with E-state index in [1.165, 1.54) is 22.7 Å². The molecule has 0 saturated heterocycles. The molecule has 4 aromatic rings. The zero-order chi connectivity index (χ0) is 24.7. The van der Waals surface area contributed by atoms with Crippen LogP contribution in [-0.2, 0) is 22.4 Å². The molecule has 0 aliphatic heterocycles. The Labute approximate surface area is 217 Å². The first kappa shape index (κ1) is 24.2. The lowest BCUT2D eigenvalue weighted by atomic mass is 9.82. The lowest BCUT2D eigenvalue weighted by molar-refractivity contribution is -0.116. The molecule has 1 aliphatic rings. The molecule has 2 heterocycles. The summed E-state index contributed by atoms with van der Waals surface area (Å²) in [6.07, 6.45) is 4.63.